The summed E-state index contributed by atoms with van der Waals surface area (Å²) < 4.78 is 5.06. The molecule has 7 nitrogen and oxygen atoms in total. The Kier molecular flexibility index (Phi) is 2.81. The molecule has 0 saturated carbocycles. The van der Waals surface area contributed by atoms with Crippen molar-refractivity contribution in [1.29, 1.82) is 0 Å². The first kappa shape index (κ1) is 8.72. The van der Waals surface area contributed by atoms with Crippen molar-refractivity contribution >= 4 is 5.96 Å². The minimum atomic E-state index is -0.788. The van der Waals surface area contributed by atoms with Gasteiger partial charge in [0.1, 0.15) is 18.1 Å². The molecular formula is C5H9N4O3. The van der Waals surface area contributed by atoms with Gasteiger partial charge in [0.05, 0.1) is 0 Å². The fourth-order valence-electron chi connectivity index (χ4n) is 0.777. The van der Waals surface area contributed by atoms with Gasteiger partial charge in [0, 0.05) is 0 Å². The van der Waals surface area contributed by atoms with Crippen LogP contribution in [0.5, 0.6) is 0 Å². The van der Waals surface area contributed by atoms with E-state index in [1.165, 1.54) is 0 Å². The van der Waals surface area contributed by atoms with Crippen LogP contribution in [0.25, 0.3) is 0 Å². The minimum absolute atomic E-state index is 0.0260. The van der Waals surface area contributed by atoms with Crippen molar-refractivity contribution in [2.45, 2.75) is 19.6 Å². The van der Waals surface area contributed by atoms with E-state index in [1.807, 2.05) is 6.92 Å². The third kappa shape index (κ3) is 2.35. The summed E-state index contributed by atoms with van der Waals surface area (Å²) in [7, 11) is 0. The van der Waals surface area contributed by atoms with Gasteiger partial charge in [-0.2, -0.15) is 0 Å². The molecule has 7 heteroatoms. The smallest absolute Gasteiger partial charge is 0.294 e. The molecule has 0 bridgehead atoms. The number of hydrogen-bond acceptors (Lipinski definition) is 3. The lowest BCUT2D eigenvalue weighted by Gasteiger charge is -2.22. The van der Waals surface area contributed by atoms with E-state index in [0.717, 1.165) is 0 Å². The fraction of sp³-hybridized carbons (Fsp3) is 0.800. The van der Waals surface area contributed by atoms with Gasteiger partial charge in [-0.15, -0.1) is 0 Å². The maximum absolute atomic E-state index is 9.94. The first-order chi connectivity index (χ1) is 5.72. The van der Waals surface area contributed by atoms with Crippen molar-refractivity contribution in [2.24, 2.45) is 5.10 Å². The molecule has 0 amide bonds. The van der Waals surface area contributed by atoms with Crippen molar-refractivity contribution in [2.75, 3.05) is 6.73 Å². The van der Waals surface area contributed by atoms with Gasteiger partial charge in [0.15, 0.2) is 5.03 Å². The van der Waals surface area contributed by atoms with Gasteiger partial charge in [-0.1, -0.05) is 6.92 Å². The largest absolute Gasteiger partial charge is 0.336 e. The molecule has 67 valence electrons. The average Bonchev–Trinajstić information content (AvgIpc) is 2.03. The molecule has 1 atom stereocenters. The van der Waals surface area contributed by atoms with Crippen LogP contribution in [0, 0.1) is 10.1 Å². The highest BCUT2D eigenvalue weighted by atomic mass is 16.7. The van der Waals surface area contributed by atoms with Crippen LogP contribution in [0.2, 0.25) is 0 Å². The predicted octanol–water partition coefficient (Wildman–Crippen LogP) is -0.548. The average molecular weight is 173 g/mol. The summed E-state index contributed by atoms with van der Waals surface area (Å²) >= 11 is 0. The Bertz CT molecular complexity index is 205. The summed E-state index contributed by atoms with van der Waals surface area (Å²) in [5, 5.41) is 18.5. The minimum Gasteiger partial charge on any atom is -0.336 e. The van der Waals surface area contributed by atoms with Crippen LogP contribution in [-0.4, -0.2) is 24.0 Å². The van der Waals surface area contributed by atoms with Crippen molar-refractivity contribution < 1.29 is 9.77 Å². The van der Waals surface area contributed by atoms with Crippen molar-refractivity contribution in [3.63, 3.8) is 0 Å². The SMILES string of the molecule is CCC1NC(=N[N+](=O)[O-])[N]CO1. The standard InChI is InChI=1S/C5H9N4O3/c1-2-4-7-5(6-3-12-4)8-9(10)11/h4H,2-3H2,1H3,(H,7,8). The highest BCUT2D eigenvalue weighted by Gasteiger charge is 2.18. The lowest BCUT2D eigenvalue weighted by Crippen LogP contribution is -2.48. The molecular weight excluding hydrogens is 164 g/mol. The predicted molar refractivity (Wildman–Crippen MR) is 39.7 cm³/mol. The lowest BCUT2D eigenvalue weighted by atomic mass is 10.4. The maximum Gasteiger partial charge on any atom is 0.294 e. The molecule has 1 radical (unpaired) electrons. The molecule has 1 aliphatic heterocycles. The number of ether oxygens (including phenoxy) is 1. The monoisotopic (exact) mass is 173 g/mol. The highest BCUT2D eigenvalue weighted by Crippen LogP contribution is 1.97. The molecule has 0 aromatic rings. The Labute approximate surface area is 68.9 Å². The zero-order chi connectivity index (χ0) is 8.97. The summed E-state index contributed by atoms with van der Waals surface area (Å²) in [6.45, 7) is 2.02. The Morgan fingerprint density at radius 2 is 2.75 bits per heavy atom. The third-order valence-corrected chi connectivity index (χ3v) is 1.33. The zero-order valence-corrected chi connectivity index (χ0v) is 6.56. The molecule has 0 aromatic heterocycles. The topological polar surface area (TPSA) is 90.9 Å². The Morgan fingerprint density at radius 1 is 2.00 bits per heavy atom. The van der Waals surface area contributed by atoms with E-state index in [2.05, 4.69) is 15.7 Å². The van der Waals surface area contributed by atoms with Crippen LogP contribution in [0.3, 0.4) is 0 Å². The van der Waals surface area contributed by atoms with Gasteiger partial charge in [-0.05, 0) is 6.42 Å². The number of hydrogen-bond donors (Lipinski definition) is 1. The second kappa shape index (κ2) is 3.86. The second-order valence-electron chi connectivity index (χ2n) is 2.16. The Morgan fingerprint density at radius 3 is 3.33 bits per heavy atom. The number of nitrogens with zero attached hydrogens (tertiary/aromatic N) is 3. The van der Waals surface area contributed by atoms with E-state index < -0.39 is 5.03 Å². The molecule has 1 saturated heterocycles. The first-order valence-electron chi connectivity index (χ1n) is 3.51. The molecule has 1 N–H and O–H groups in total. The summed E-state index contributed by atoms with van der Waals surface area (Å²) in [5.74, 6) is 0.0260. The van der Waals surface area contributed by atoms with Crippen molar-refractivity contribution in [3.05, 3.63) is 10.1 Å². The maximum atomic E-state index is 9.94. The fourth-order valence-corrected chi connectivity index (χ4v) is 0.777. The van der Waals surface area contributed by atoms with E-state index in [-0.39, 0.29) is 18.9 Å². The van der Waals surface area contributed by atoms with Gasteiger partial charge in [-0.3, -0.25) is 0 Å². The van der Waals surface area contributed by atoms with Crippen LogP contribution in [0.4, 0.5) is 0 Å². The number of guanidine groups is 1. The van der Waals surface area contributed by atoms with E-state index in [1.54, 1.807) is 0 Å². The summed E-state index contributed by atoms with van der Waals surface area (Å²) in [4.78, 5) is 9.94. The molecule has 0 spiro atoms. The number of nitrogens with one attached hydrogen (secondary N) is 1. The quantitative estimate of drug-likeness (QED) is 0.448. The van der Waals surface area contributed by atoms with Gasteiger partial charge in [0.2, 0.25) is 0 Å². The van der Waals surface area contributed by atoms with Gasteiger partial charge >= 0.3 is 0 Å². The molecule has 12 heavy (non-hydrogen) atoms. The van der Waals surface area contributed by atoms with Gasteiger partial charge in [0.25, 0.3) is 5.96 Å². The zero-order valence-electron chi connectivity index (χ0n) is 6.56. The molecule has 1 rings (SSSR count). The second-order valence-corrected chi connectivity index (χ2v) is 2.16. The molecule has 1 heterocycles. The van der Waals surface area contributed by atoms with Crippen molar-refractivity contribution in [1.82, 2.24) is 10.6 Å². The first-order valence-corrected chi connectivity index (χ1v) is 3.51. The van der Waals surface area contributed by atoms with Crippen LogP contribution >= 0.6 is 0 Å². The van der Waals surface area contributed by atoms with E-state index in [4.69, 9.17) is 4.74 Å². The molecule has 1 unspecified atom stereocenters. The van der Waals surface area contributed by atoms with Crippen LogP contribution in [0.15, 0.2) is 5.10 Å². The number of hydrazone groups is 1. The number of nitro groups is 1. The Balaban J connectivity index is 2.51. The summed E-state index contributed by atoms with van der Waals surface area (Å²) in [5.41, 5.74) is 0. The molecule has 0 aliphatic carbocycles. The van der Waals surface area contributed by atoms with E-state index >= 15 is 0 Å². The lowest BCUT2D eigenvalue weighted by molar-refractivity contribution is -0.485. The normalized spacial score (nSPS) is 26.1. The summed E-state index contributed by atoms with van der Waals surface area (Å²) in [6.07, 6.45) is 0.493. The highest BCUT2D eigenvalue weighted by molar-refractivity contribution is 5.79. The van der Waals surface area contributed by atoms with Crippen molar-refractivity contribution in [3.8, 4) is 0 Å². The molecule has 0 aromatic carbocycles. The van der Waals surface area contributed by atoms with E-state index in [9.17, 15) is 10.1 Å². The van der Waals surface area contributed by atoms with Crippen LogP contribution in [0.1, 0.15) is 13.3 Å². The van der Waals surface area contributed by atoms with Crippen LogP contribution in [-0.2, 0) is 4.74 Å². The Hall–Kier alpha value is -1.37. The third-order valence-electron chi connectivity index (χ3n) is 1.33. The number of rotatable bonds is 2. The van der Waals surface area contributed by atoms with E-state index in [0.29, 0.717) is 6.42 Å². The summed E-state index contributed by atoms with van der Waals surface area (Å²) in [6, 6.07) is 0. The van der Waals surface area contributed by atoms with Crippen LogP contribution < -0.4 is 10.6 Å². The molecule has 1 aliphatic rings. The molecule has 1 fully saturated rings. The van der Waals surface area contributed by atoms with Gasteiger partial charge in [-0.25, -0.2) is 15.4 Å². The van der Waals surface area contributed by atoms with Gasteiger partial charge < -0.3 is 10.1 Å².